The van der Waals surface area contributed by atoms with E-state index >= 15 is 0 Å². The Hall–Kier alpha value is -0.380. The van der Waals surface area contributed by atoms with Gasteiger partial charge in [-0.25, -0.2) is 0 Å². The van der Waals surface area contributed by atoms with Crippen LogP contribution >= 0.6 is 0 Å². The highest BCUT2D eigenvalue weighted by Gasteiger charge is 2.61. The van der Waals surface area contributed by atoms with Crippen LogP contribution in [0, 0.1) is 34.5 Å². The maximum absolute atomic E-state index is 10.9. The predicted octanol–water partition coefficient (Wildman–Crippen LogP) is 2.89. The van der Waals surface area contributed by atoms with Crippen molar-refractivity contribution in [1.29, 1.82) is 0 Å². The Bertz CT molecular complexity index is 529. The first-order chi connectivity index (χ1) is 10.8. The van der Waals surface area contributed by atoms with Crippen LogP contribution in [0.1, 0.15) is 59.3 Å². The third-order valence-corrected chi connectivity index (χ3v) is 8.38. The summed E-state index contributed by atoms with van der Waals surface area (Å²) in [5.41, 5.74) is 1.40. The van der Waals surface area contributed by atoms with Crippen molar-refractivity contribution in [2.45, 2.75) is 77.6 Å². The van der Waals surface area contributed by atoms with E-state index in [1.54, 1.807) is 0 Å². The number of hydrogen-bond acceptors (Lipinski definition) is 3. The van der Waals surface area contributed by atoms with Crippen molar-refractivity contribution in [3.8, 4) is 0 Å². The summed E-state index contributed by atoms with van der Waals surface area (Å²) >= 11 is 0. The van der Waals surface area contributed by atoms with Gasteiger partial charge in [0, 0.05) is 0 Å². The Balaban J connectivity index is 1.73. The largest absolute Gasteiger partial charge is 0.393 e. The molecule has 0 radical (unpaired) electrons. The molecule has 3 unspecified atom stereocenters. The van der Waals surface area contributed by atoms with Crippen LogP contribution in [0.3, 0.4) is 0 Å². The minimum atomic E-state index is -0.407. The van der Waals surface area contributed by atoms with E-state index in [0.29, 0.717) is 17.8 Å². The third-order valence-electron chi connectivity index (χ3n) is 8.38. The zero-order valence-electron chi connectivity index (χ0n) is 14.7. The van der Waals surface area contributed by atoms with Gasteiger partial charge in [0.25, 0.3) is 0 Å². The molecule has 0 aromatic carbocycles. The van der Waals surface area contributed by atoms with Gasteiger partial charge in [-0.15, -0.1) is 0 Å². The molecule has 0 spiro atoms. The first-order valence-corrected chi connectivity index (χ1v) is 9.53. The van der Waals surface area contributed by atoms with E-state index in [1.165, 1.54) is 5.57 Å². The second-order valence-corrected chi connectivity index (χ2v) is 9.49. The molecule has 130 valence electrons. The Morgan fingerprint density at radius 3 is 2.52 bits per heavy atom. The molecular weight excluding hydrogens is 288 g/mol. The van der Waals surface area contributed by atoms with Crippen LogP contribution in [-0.4, -0.2) is 33.6 Å². The van der Waals surface area contributed by atoms with Crippen LogP contribution in [0.25, 0.3) is 0 Å². The molecule has 4 rings (SSSR count). The predicted molar refractivity (Wildman–Crippen MR) is 89.7 cm³/mol. The zero-order chi connectivity index (χ0) is 16.6. The molecule has 3 fully saturated rings. The third kappa shape index (κ3) is 2.06. The molecule has 23 heavy (non-hydrogen) atoms. The highest BCUT2D eigenvalue weighted by Crippen LogP contribution is 2.65. The van der Waals surface area contributed by atoms with Crippen LogP contribution in [0.5, 0.6) is 0 Å². The van der Waals surface area contributed by atoms with E-state index in [4.69, 9.17) is 0 Å². The molecule has 4 aliphatic carbocycles. The minimum absolute atomic E-state index is 0.0303. The monoisotopic (exact) mass is 320 g/mol. The van der Waals surface area contributed by atoms with Gasteiger partial charge in [-0.1, -0.05) is 32.4 Å². The number of aliphatic hydroxyl groups is 3. The SMILES string of the molecule is C[C@@H]1CC2C3C(CC[C@]2(C)[C@H]1O)[C@@]1(C)CC[C@@H](O)CC1=C[C@@H]3O. The number of hydrogen-bond donors (Lipinski definition) is 3. The van der Waals surface area contributed by atoms with Crippen LogP contribution in [0.4, 0.5) is 0 Å². The maximum Gasteiger partial charge on any atom is 0.0757 e. The average Bonchev–Trinajstić information content (AvgIpc) is 2.73. The maximum atomic E-state index is 10.9. The van der Waals surface area contributed by atoms with Crippen molar-refractivity contribution < 1.29 is 15.3 Å². The fourth-order valence-electron chi connectivity index (χ4n) is 6.97. The molecule has 0 saturated heterocycles. The summed E-state index contributed by atoms with van der Waals surface area (Å²) in [7, 11) is 0. The molecule has 0 aromatic rings. The summed E-state index contributed by atoms with van der Waals surface area (Å²) in [5.74, 6) is 1.53. The van der Waals surface area contributed by atoms with E-state index in [1.807, 2.05) is 0 Å². The molecule has 3 nitrogen and oxygen atoms in total. The van der Waals surface area contributed by atoms with Crippen molar-refractivity contribution in [1.82, 2.24) is 0 Å². The Morgan fingerprint density at radius 2 is 1.78 bits per heavy atom. The molecule has 3 saturated carbocycles. The molecule has 3 heteroatoms. The molecule has 9 atom stereocenters. The van der Waals surface area contributed by atoms with Crippen molar-refractivity contribution >= 4 is 0 Å². The van der Waals surface area contributed by atoms with Gasteiger partial charge in [0.05, 0.1) is 18.3 Å². The molecule has 0 heterocycles. The number of aliphatic hydroxyl groups excluding tert-OH is 3. The molecule has 4 aliphatic rings. The summed E-state index contributed by atoms with van der Waals surface area (Å²) in [6.07, 6.45) is 7.07. The lowest BCUT2D eigenvalue weighted by molar-refractivity contribution is -0.107. The van der Waals surface area contributed by atoms with E-state index < -0.39 is 6.10 Å². The van der Waals surface area contributed by atoms with Crippen LogP contribution in [0.15, 0.2) is 11.6 Å². The van der Waals surface area contributed by atoms with Crippen molar-refractivity contribution in [2.24, 2.45) is 34.5 Å². The quantitative estimate of drug-likeness (QED) is 0.602. The first kappa shape index (κ1) is 16.1. The lowest BCUT2D eigenvalue weighted by Gasteiger charge is -2.58. The Labute approximate surface area is 139 Å². The Morgan fingerprint density at radius 1 is 1.04 bits per heavy atom. The smallest absolute Gasteiger partial charge is 0.0757 e. The van der Waals surface area contributed by atoms with Gasteiger partial charge in [-0.05, 0) is 73.0 Å². The number of fused-ring (bicyclic) bond motifs is 5. The van der Waals surface area contributed by atoms with Gasteiger partial charge in [-0.2, -0.15) is 0 Å². The summed E-state index contributed by atoms with van der Waals surface area (Å²) in [6.45, 7) is 6.78. The standard InChI is InChI=1S/C20H32O3/c1-11-8-15-17-14(5-7-20(15,3)18(11)23)19(2)6-4-13(21)9-12(19)10-16(17)22/h10-11,13-18,21-23H,4-9H2,1-3H3/t11-,13-,14?,15?,16+,17?,18+,19+,20+/m1/s1. The zero-order valence-corrected chi connectivity index (χ0v) is 14.7. The topological polar surface area (TPSA) is 60.7 Å². The molecule has 0 aromatic heterocycles. The van der Waals surface area contributed by atoms with Gasteiger partial charge < -0.3 is 15.3 Å². The highest BCUT2D eigenvalue weighted by atomic mass is 16.3. The lowest BCUT2D eigenvalue weighted by Crippen LogP contribution is -2.55. The fourth-order valence-corrected chi connectivity index (χ4v) is 6.97. The second kappa shape index (κ2) is 5.06. The van der Waals surface area contributed by atoms with Crippen molar-refractivity contribution in [3.63, 3.8) is 0 Å². The number of rotatable bonds is 0. The van der Waals surface area contributed by atoms with Crippen LogP contribution in [0.2, 0.25) is 0 Å². The van der Waals surface area contributed by atoms with Gasteiger partial charge in [0.1, 0.15) is 0 Å². The normalized spacial score (nSPS) is 58.9. The average molecular weight is 320 g/mol. The summed E-state index contributed by atoms with van der Waals surface area (Å²) in [6, 6.07) is 0. The lowest BCUT2D eigenvalue weighted by atomic mass is 9.47. The second-order valence-electron chi connectivity index (χ2n) is 9.49. The minimum Gasteiger partial charge on any atom is -0.393 e. The van der Waals surface area contributed by atoms with Crippen molar-refractivity contribution in [2.75, 3.05) is 0 Å². The van der Waals surface area contributed by atoms with Crippen LogP contribution in [-0.2, 0) is 0 Å². The highest BCUT2D eigenvalue weighted by molar-refractivity contribution is 5.28. The van der Waals surface area contributed by atoms with Gasteiger partial charge in [-0.3, -0.25) is 0 Å². The summed E-state index contributed by atoms with van der Waals surface area (Å²) < 4.78 is 0. The van der Waals surface area contributed by atoms with E-state index in [0.717, 1.165) is 38.5 Å². The van der Waals surface area contributed by atoms with E-state index in [-0.39, 0.29) is 29.0 Å². The van der Waals surface area contributed by atoms with Gasteiger partial charge in [0.2, 0.25) is 0 Å². The fraction of sp³-hybridized carbons (Fsp3) is 0.900. The van der Waals surface area contributed by atoms with Crippen molar-refractivity contribution in [3.05, 3.63) is 11.6 Å². The van der Waals surface area contributed by atoms with Crippen LogP contribution < -0.4 is 0 Å². The molecular formula is C20H32O3. The van der Waals surface area contributed by atoms with E-state index in [9.17, 15) is 15.3 Å². The summed E-state index contributed by atoms with van der Waals surface area (Å²) in [4.78, 5) is 0. The molecule has 3 N–H and O–H groups in total. The van der Waals surface area contributed by atoms with Gasteiger partial charge >= 0.3 is 0 Å². The molecule has 0 bridgehead atoms. The molecule has 0 aliphatic heterocycles. The van der Waals surface area contributed by atoms with Gasteiger partial charge in [0.15, 0.2) is 0 Å². The summed E-state index contributed by atoms with van der Waals surface area (Å²) in [5, 5.41) is 31.7. The molecule has 0 amide bonds. The Kier molecular flexibility index (Phi) is 3.54. The van der Waals surface area contributed by atoms with E-state index in [2.05, 4.69) is 26.8 Å². The first-order valence-electron chi connectivity index (χ1n) is 9.53.